The second-order valence-electron chi connectivity index (χ2n) is 8.38. The first kappa shape index (κ1) is 21.7. The van der Waals surface area contributed by atoms with Crippen molar-refractivity contribution in [2.75, 3.05) is 31.6 Å². The second kappa shape index (κ2) is 9.81. The van der Waals surface area contributed by atoms with E-state index in [-0.39, 0.29) is 0 Å². The largest absolute Gasteiger partial charge is 0.444 e. The van der Waals surface area contributed by atoms with E-state index in [1.807, 2.05) is 55.5 Å². The van der Waals surface area contributed by atoms with Crippen LogP contribution in [0.3, 0.4) is 0 Å². The van der Waals surface area contributed by atoms with Gasteiger partial charge >= 0.3 is 0 Å². The molecule has 5 rings (SSSR count). The predicted octanol–water partition coefficient (Wildman–Crippen LogP) is 6.60. The smallest absolute Gasteiger partial charge is 0.230 e. The summed E-state index contributed by atoms with van der Waals surface area (Å²) >= 11 is 6.41. The Balaban J connectivity index is 1.30. The second-order valence-corrected chi connectivity index (χ2v) is 8.79. The van der Waals surface area contributed by atoms with Crippen molar-refractivity contribution in [3.8, 4) is 0 Å². The van der Waals surface area contributed by atoms with Crippen LogP contribution in [0.1, 0.15) is 31.7 Å². The molecule has 4 aromatic rings. The number of fused-ring (bicyclic) bond motifs is 2. The number of hydrogen-bond acceptors (Lipinski definition) is 6. The number of piperidine rings is 1. The Hall–Kier alpha value is -3.09. The Morgan fingerprint density at radius 1 is 1.12 bits per heavy atom. The van der Waals surface area contributed by atoms with E-state index in [1.54, 1.807) is 0 Å². The highest BCUT2D eigenvalue weighted by Gasteiger charge is 2.15. The monoisotopic (exact) mass is 462 g/mol. The van der Waals surface area contributed by atoms with Crippen LogP contribution >= 0.6 is 11.6 Å². The highest BCUT2D eigenvalue weighted by molar-refractivity contribution is 6.37. The summed E-state index contributed by atoms with van der Waals surface area (Å²) in [4.78, 5) is 12.6. The van der Waals surface area contributed by atoms with Gasteiger partial charge in [-0.3, -0.25) is 4.90 Å². The molecule has 6 nitrogen and oxygen atoms in total. The van der Waals surface area contributed by atoms with Crippen LogP contribution in [0.4, 0.5) is 11.4 Å². The summed E-state index contributed by atoms with van der Waals surface area (Å²) < 4.78 is 5.56. The summed E-state index contributed by atoms with van der Waals surface area (Å²) in [5.74, 6) is 0. The minimum atomic E-state index is 0.516. The third-order valence-electron chi connectivity index (χ3n) is 6.09. The number of pyridine rings is 1. The third-order valence-corrected chi connectivity index (χ3v) is 6.37. The van der Waals surface area contributed by atoms with Gasteiger partial charge in [-0.05, 0) is 56.6 Å². The highest BCUT2D eigenvalue weighted by atomic mass is 35.5. The zero-order valence-electron chi connectivity index (χ0n) is 18.7. The molecule has 2 aromatic carbocycles. The molecule has 7 heteroatoms. The van der Waals surface area contributed by atoms with Crippen molar-refractivity contribution in [2.45, 2.75) is 26.2 Å². The minimum absolute atomic E-state index is 0.516. The first-order valence-corrected chi connectivity index (χ1v) is 11.8. The van der Waals surface area contributed by atoms with E-state index in [0.29, 0.717) is 17.3 Å². The standard InChI is InChI=1S/C26H27ClN4O2/c1-18(30-33-16-15-31-13-5-2-6-14-31)19-9-11-20(12-10-19)28-25-21-7-3-4-8-23(21)29-26-24(25)22(27)17-32-26/h3-4,7-12,17H,2,5-6,13-16H2,1H3,(H,28,29). The Morgan fingerprint density at radius 3 is 2.73 bits per heavy atom. The summed E-state index contributed by atoms with van der Waals surface area (Å²) in [7, 11) is 0. The van der Waals surface area contributed by atoms with Gasteiger partial charge in [0.25, 0.3) is 0 Å². The normalized spacial score (nSPS) is 15.3. The maximum absolute atomic E-state index is 6.41. The highest BCUT2D eigenvalue weighted by Crippen LogP contribution is 2.38. The number of hydrogen-bond donors (Lipinski definition) is 1. The lowest BCUT2D eigenvalue weighted by molar-refractivity contribution is 0.102. The molecular weight excluding hydrogens is 436 g/mol. The molecule has 1 aliphatic rings. The molecule has 1 fully saturated rings. The summed E-state index contributed by atoms with van der Waals surface area (Å²) in [5.41, 5.74) is 5.06. The number of nitrogens with zero attached hydrogens (tertiary/aromatic N) is 3. The van der Waals surface area contributed by atoms with Gasteiger partial charge in [-0.15, -0.1) is 0 Å². The number of halogens is 1. The summed E-state index contributed by atoms with van der Waals surface area (Å²) in [6, 6.07) is 16.1. The van der Waals surface area contributed by atoms with Crippen LogP contribution in [0.15, 0.2) is 64.4 Å². The molecule has 1 aliphatic heterocycles. The van der Waals surface area contributed by atoms with Gasteiger partial charge in [0, 0.05) is 17.6 Å². The zero-order valence-corrected chi connectivity index (χ0v) is 19.4. The van der Waals surface area contributed by atoms with Gasteiger partial charge in [0.2, 0.25) is 5.71 Å². The number of para-hydroxylation sites is 1. The number of oxime groups is 1. The molecule has 170 valence electrons. The first-order valence-electron chi connectivity index (χ1n) is 11.4. The van der Waals surface area contributed by atoms with Gasteiger partial charge in [0.05, 0.1) is 27.3 Å². The van der Waals surface area contributed by atoms with Crippen LogP contribution in [0, 0.1) is 0 Å². The Labute approximate surface area is 198 Å². The van der Waals surface area contributed by atoms with E-state index >= 15 is 0 Å². The maximum Gasteiger partial charge on any atom is 0.230 e. The fraction of sp³-hybridized carbons (Fsp3) is 0.308. The van der Waals surface area contributed by atoms with Crippen molar-refractivity contribution in [2.24, 2.45) is 5.16 Å². The fourth-order valence-electron chi connectivity index (χ4n) is 4.28. The van der Waals surface area contributed by atoms with E-state index in [9.17, 15) is 0 Å². The van der Waals surface area contributed by atoms with Gasteiger partial charge in [-0.1, -0.05) is 53.5 Å². The SMILES string of the molecule is CC(=NOCCN1CCCCC1)c1ccc(Nc2c3ccccc3nc3occ(Cl)c23)cc1. The molecule has 0 bridgehead atoms. The van der Waals surface area contributed by atoms with Gasteiger partial charge in [-0.2, -0.15) is 0 Å². The lowest BCUT2D eigenvalue weighted by atomic mass is 10.1. The van der Waals surface area contributed by atoms with Crippen LogP contribution in [0.5, 0.6) is 0 Å². The van der Waals surface area contributed by atoms with Crippen molar-refractivity contribution in [1.29, 1.82) is 0 Å². The number of rotatable bonds is 7. The quantitative estimate of drug-likeness (QED) is 0.190. The predicted molar refractivity (Wildman–Crippen MR) is 135 cm³/mol. The van der Waals surface area contributed by atoms with Crippen LogP contribution in [-0.4, -0.2) is 41.8 Å². The van der Waals surface area contributed by atoms with Crippen LogP contribution in [-0.2, 0) is 4.84 Å². The number of furan rings is 1. The van der Waals surface area contributed by atoms with Crippen molar-refractivity contribution in [1.82, 2.24) is 9.88 Å². The molecule has 2 aromatic heterocycles. The molecule has 0 unspecified atom stereocenters. The summed E-state index contributed by atoms with van der Waals surface area (Å²) in [5, 5.41) is 10.1. The van der Waals surface area contributed by atoms with Crippen molar-refractivity contribution < 1.29 is 9.25 Å². The Morgan fingerprint density at radius 2 is 1.91 bits per heavy atom. The first-order chi connectivity index (χ1) is 16.2. The average Bonchev–Trinajstić information content (AvgIpc) is 3.23. The minimum Gasteiger partial charge on any atom is -0.444 e. The van der Waals surface area contributed by atoms with Crippen molar-refractivity contribution in [3.63, 3.8) is 0 Å². The fourth-order valence-corrected chi connectivity index (χ4v) is 4.50. The summed E-state index contributed by atoms with van der Waals surface area (Å²) in [6.45, 7) is 5.86. The molecule has 1 saturated heterocycles. The lowest BCUT2D eigenvalue weighted by Gasteiger charge is -2.25. The Kier molecular flexibility index (Phi) is 6.46. The van der Waals surface area contributed by atoms with Gasteiger partial charge < -0.3 is 14.6 Å². The van der Waals surface area contributed by atoms with E-state index in [2.05, 4.69) is 20.4 Å². The lowest BCUT2D eigenvalue weighted by Crippen LogP contribution is -2.32. The Bertz CT molecular complexity index is 1280. The molecule has 0 saturated carbocycles. The molecule has 3 heterocycles. The number of benzene rings is 2. The van der Waals surface area contributed by atoms with Crippen molar-refractivity contribution in [3.05, 3.63) is 65.4 Å². The molecule has 1 N–H and O–H groups in total. The van der Waals surface area contributed by atoms with E-state index in [4.69, 9.17) is 20.9 Å². The molecule has 0 radical (unpaired) electrons. The number of anilines is 2. The van der Waals surface area contributed by atoms with Crippen LogP contribution in [0.25, 0.3) is 22.0 Å². The topological polar surface area (TPSA) is 62.9 Å². The molecule has 0 atom stereocenters. The van der Waals surface area contributed by atoms with Crippen LogP contribution < -0.4 is 5.32 Å². The number of nitrogens with one attached hydrogen (secondary N) is 1. The molecule has 0 spiro atoms. The zero-order chi connectivity index (χ0) is 22.6. The summed E-state index contributed by atoms with van der Waals surface area (Å²) in [6.07, 6.45) is 5.45. The van der Waals surface area contributed by atoms with E-state index in [0.717, 1.165) is 45.5 Å². The third kappa shape index (κ3) is 4.82. The molecule has 33 heavy (non-hydrogen) atoms. The number of aromatic nitrogens is 1. The number of likely N-dealkylation sites (tertiary alicyclic amines) is 1. The van der Waals surface area contributed by atoms with Gasteiger partial charge in [-0.25, -0.2) is 4.98 Å². The van der Waals surface area contributed by atoms with Crippen molar-refractivity contribution >= 4 is 50.7 Å². The molecular formula is C26H27ClN4O2. The van der Waals surface area contributed by atoms with Gasteiger partial charge in [0.15, 0.2) is 0 Å². The van der Waals surface area contributed by atoms with Crippen LogP contribution in [0.2, 0.25) is 5.02 Å². The average molecular weight is 463 g/mol. The van der Waals surface area contributed by atoms with Gasteiger partial charge in [0.1, 0.15) is 12.9 Å². The van der Waals surface area contributed by atoms with E-state index in [1.165, 1.54) is 38.6 Å². The van der Waals surface area contributed by atoms with E-state index < -0.39 is 0 Å². The molecule has 0 amide bonds. The molecule has 0 aliphatic carbocycles. The maximum atomic E-state index is 6.41.